The van der Waals surface area contributed by atoms with E-state index in [2.05, 4.69) is 0 Å². The molecule has 0 atom stereocenters. The van der Waals surface area contributed by atoms with Crippen molar-refractivity contribution in [1.29, 1.82) is 0 Å². The van der Waals surface area contributed by atoms with E-state index in [1.807, 2.05) is 0 Å². The van der Waals surface area contributed by atoms with E-state index in [1.165, 1.54) is 0 Å². The van der Waals surface area contributed by atoms with Gasteiger partial charge in [-0.15, -0.1) is 0 Å². The van der Waals surface area contributed by atoms with Gasteiger partial charge in [-0.3, -0.25) is 0 Å². The minimum atomic E-state index is -2.33. The zero-order chi connectivity index (χ0) is 3.58. The molecule has 0 unspecified atom stereocenters. The van der Waals surface area contributed by atoms with Gasteiger partial charge in [0.15, 0.2) is 0 Å². The van der Waals surface area contributed by atoms with Crippen molar-refractivity contribution in [2.45, 2.75) is 0 Å². The number of hydrogen-bond donors (Lipinski definition) is 0. The van der Waals surface area contributed by atoms with Crippen molar-refractivity contribution < 1.29 is 48.0 Å². The molecule has 0 radical (unpaired) electrons. The quantitative estimate of drug-likeness (QED) is 0.386. The Kier molecular flexibility index (Phi) is 24.4. The van der Waals surface area contributed by atoms with Crippen molar-refractivity contribution in [3.8, 4) is 0 Å². The number of carbonyl (C=O) groups is 1. The Morgan fingerprint density at radius 1 is 1.33 bits per heavy atom. The Morgan fingerprint density at radius 2 is 1.33 bits per heavy atom. The monoisotopic (exact) mass is 176 g/mol. The minimum absolute atomic E-state index is 0. The molecule has 0 N–H and O–H groups in total. The second-order valence-electron chi connectivity index (χ2n) is 0.250. The van der Waals surface area contributed by atoms with E-state index in [1.54, 1.807) is 0 Å². The molecule has 3 nitrogen and oxygen atoms in total. The Bertz CT molecular complexity index is 31.8. The summed E-state index contributed by atoms with van der Waals surface area (Å²) in [4.78, 5) is 8.33. The molecule has 42 valence electrons. The predicted octanol–water partition coefficient (Wildman–Crippen LogP) is -2.45. The first-order valence-electron chi connectivity index (χ1n) is 0.612. The van der Waals surface area contributed by atoms with E-state index >= 15 is 0 Å². The largest absolute Gasteiger partial charge is 2.00 e. The van der Waals surface area contributed by atoms with Crippen molar-refractivity contribution in [2.75, 3.05) is 0 Å². The summed E-state index contributed by atoms with van der Waals surface area (Å²) in [6, 6.07) is 0. The fourth-order valence-corrected chi connectivity index (χ4v) is 0. The average Bonchev–Trinajstić information content (AvgIpc) is 0.811. The van der Waals surface area contributed by atoms with E-state index in [4.69, 9.17) is 15.0 Å². The van der Waals surface area contributed by atoms with Gasteiger partial charge in [0.1, 0.15) is 0 Å². The molecule has 0 aromatic carbocycles. The van der Waals surface area contributed by atoms with E-state index in [0.717, 1.165) is 0 Å². The maximum absolute atomic E-state index is 8.33. The van der Waals surface area contributed by atoms with Crippen molar-refractivity contribution in [3.63, 3.8) is 0 Å². The molecule has 0 fully saturated rings. The smallest absolute Gasteiger partial charge is 0.652 e. The molecule has 0 aromatic heterocycles. The van der Waals surface area contributed by atoms with E-state index in [9.17, 15) is 0 Å². The molecule has 0 saturated carbocycles. The van der Waals surface area contributed by atoms with E-state index in [0.29, 0.717) is 0 Å². The van der Waals surface area contributed by atoms with Crippen LogP contribution in [0.1, 0.15) is 0 Å². The van der Waals surface area contributed by atoms with Crippen LogP contribution in [0.2, 0.25) is 0 Å². The minimum Gasteiger partial charge on any atom is -0.652 e. The summed E-state index contributed by atoms with van der Waals surface area (Å²) in [6.07, 6.45) is -2.33. The van der Waals surface area contributed by atoms with Gasteiger partial charge in [0.25, 0.3) is 0 Å². The molecule has 5 heteroatoms. The van der Waals surface area contributed by atoms with Crippen LogP contribution in [0.5, 0.6) is 0 Å². The fourth-order valence-electron chi connectivity index (χ4n) is 0. The molecule has 0 heterocycles. The third-order valence-corrected chi connectivity index (χ3v) is 0. The van der Waals surface area contributed by atoms with Crippen molar-refractivity contribution in [2.24, 2.45) is 0 Å². The van der Waals surface area contributed by atoms with Crippen molar-refractivity contribution in [3.05, 3.63) is 0 Å². The molecule has 0 amide bonds. The van der Waals surface area contributed by atoms with Gasteiger partial charge < -0.3 is 15.0 Å². The number of rotatable bonds is 0. The van der Waals surface area contributed by atoms with Crippen LogP contribution in [-0.2, 0) is 33.0 Å². The summed E-state index contributed by atoms with van der Waals surface area (Å²) >= 11 is 0. The van der Waals surface area contributed by atoms with Crippen LogP contribution >= 0.6 is 0 Å². The topological polar surface area (TPSA) is 63.2 Å². The molecule has 0 aliphatic rings. The number of hydrogen-bond acceptors (Lipinski definition) is 3. The van der Waals surface area contributed by atoms with Crippen LogP contribution in [-0.4, -0.2) is 6.16 Å². The molecule has 0 bridgehead atoms. The molecule has 0 rings (SSSR count). The predicted molar refractivity (Wildman–Crippen MR) is 5.40 cm³/mol. The maximum atomic E-state index is 8.33. The van der Waals surface area contributed by atoms with Gasteiger partial charge in [-0.1, -0.05) is 0 Å². The molecule has 0 aliphatic carbocycles. The third-order valence-electron chi connectivity index (χ3n) is 0. The maximum Gasteiger partial charge on any atom is 2.00 e. The molecule has 0 aliphatic heterocycles. The van der Waals surface area contributed by atoms with Gasteiger partial charge in [0, 0.05) is 16.5 Å². The van der Waals surface area contributed by atoms with Crippen LogP contribution < -0.4 is 10.2 Å². The second-order valence-corrected chi connectivity index (χ2v) is 0.250. The Labute approximate surface area is 54.6 Å². The second kappa shape index (κ2) is 8.98. The average molecular weight is 177 g/mol. The number of carbonyl (C=O) groups excluding carboxylic acids is 1. The summed E-state index contributed by atoms with van der Waals surface area (Å²) in [5.41, 5.74) is 0. The van der Waals surface area contributed by atoms with Crippen molar-refractivity contribution in [1.82, 2.24) is 0 Å². The summed E-state index contributed by atoms with van der Waals surface area (Å²) in [7, 11) is 0. The fraction of sp³-hybridized carbons (Fsp3) is 0. The van der Waals surface area contributed by atoms with Crippen LogP contribution in [0.15, 0.2) is 0 Å². The first-order chi connectivity index (χ1) is 1.73. The number of carboxylic acid groups (broad SMARTS) is 2. The van der Waals surface area contributed by atoms with Gasteiger partial charge >= 0.3 is 16.5 Å². The zero-order valence-electron chi connectivity index (χ0n) is 2.36. The van der Waals surface area contributed by atoms with Crippen molar-refractivity contribution >= 4 is 6.16 Å². The standard InChI is InChI=1S/CH2O3.2Ni/c2-1(3)4;;/h(H2,2,3,4);;/q;;+2/p-2. The van der Waals surface area contributed by atoms with Gasteiger partial charge in [-0.2, -0.15) is 0 Å². The zero-order valence-corrected chi connectivity index (χ0v) is 4.33. The Balaban J connectivity index is -0.0000000450. The summed E-state index contributed by atoms with van der Waals surface area (Å²) in [6.45, 7) is 0. The first-order valence-corrected chi connectivity index (χ1v) is 0.612. The van der Waals surface area contributed by atoms with Crippen LogP contribution in [0.25, 0.3) is 0 Å². The van der Waals surface area contributed by atoms with Crippen LogP contribution in [0, 0.1) is 0 Å². The van der Waals surface area contributed by atoms with E-state index in [-0.39, 0.29) is 33.0 Å². The summed E-state index contributed by atoms with van der Waals surface area (Å²) < 4.78 is 0. The van der Waals surface area contributed by atoms with Gasteiger partial charge in [0.2, 0.25) is 0 Å². The summed E-state index contributed by atoms with van der Waals surface area (Å²) in [5.74, 6) is 0. The molecular formula is CNi2O3. The molecule has 6 heavy (non-hydrogen) atoms. The molecule has 0 spiro atoms. The molecule has 0 saturated heterocycles. The molecule has 0 aromatic rings. The third kappa shape index (κ3) is 684. The first kappa shape index (κ1) is 16.3. The van der Waals surface area contributed by atoms with Crippen LogP contribution in [0.3, 0.4) is 0 Å². The Hall–Kier alpha value is 0.257. The Morgan fingerprint density at radius 3 is 1.33 bits per heavy atom. The van der Waals surface area contributed by atoms with Gasteiger partial charge in [0.05, 0.1) is 0 Å². The van der Waals surface area contributed by atoms with Gasteiger partial charge in [-0.25, -0.2) is 0 Å². The molecular weight excluding hydrogens is 177 g/mol. The summed E-state index contributed by atoms with van der Waals surface area (Å²) in [5, 5.41) is 16.7. The SMILES string of the molecule is O=C([O-])[O-].[Ni+2].[Ni]. The van der Waals surface area contributed by atoms with E-state index < -0.39 is 6.16 Å². The van der Waals surface area contributed by atoms with Crippen LogP contribution in [0.4, 0.5) is 4.79 Å². The normalized spacial score (nSPS) is 4.00. The van der Waals surface area contributed by atoms with Gasteiger partial charge in [-0.05, 0) is 6.16 Å².